The fraction of sp³-hybridized carbons (Fsp3) is 0.0714. The van der Waals surface area contributed by atoms with Gasteiger partial charge in [-0.1, -0.05) is 23.7 Å². The fourth-order valence-electron chi connectivity index (χ4n) is 1.50. The lowest BCUT2D eigenvalue weighted by molar-refractivity contribution is 0.471. The van der Waals surface area contributed by atoms with Gasteiger partial charge in [-0.15, -0.1) is 0 Å². The second kappa shape index (κ2) is 5.07. The van der Waals surface area contributed by atoms with Crippen molar-refractivity contribution in [2.75, 3.05) is 0 Å². The monoisotopic (exact) mass is 261 g/mol. The minimum Gasteiger partial charge on any atom is -0.456 e. The molecule has 0 aliphatic heterocycles. The van der Waals surface area contributed by atoms with Gasteiger partial charge in [0.15, 0.2) is 0 Å². The van der Waals surface area contributed by atoms with Gasteiger partial charge in [-0.3, -0.25) is 0 Å². The number of nitriles is 1. The first-order valence-corrected chi connectivity index (χ1v) is 5.62. The van der Waals surface area contributed by atoms with Crippen molar-refractivity contribution in [2.45, 2.75) is 6.92 Å². The molecule has 0 amide bonds. The molecule has 18 heavy (non-hydrogen) atoms. The van der Waals surface area contributed by atoms with Gasteiger partial charge in [0.05, 0.1) is 0 Å². The highest BCUT2D eigenvalue weighted by atomic mass is 35.5. The quantitative estimate of drug-likeness (QED) is 0.800. The maximum absolute atomic E-state index is 13.4. The Balaban J connectivity index is 2.44. The molecule has 0 saturated heterocycles. The predicted molar refractivity (Wildman–Crippen MR) is 67.4 cm³/mol. The minimum atomic E-state index is -0.602. The SMILES string of the molecule is Cc1ccc(Cl)cc1Oc1cccc(F)c1C#N. The Bertz CT molecular complexity index is 634. The third kappa shape index (κ3) is 2.44. The Labute approximate surface area is 109 Å². The number of ether oxygens (including phenoxy) is 1. The molecule has 0 aliphatic carbocycles. The van der Waals surface area contributed by atoms with Gasteiger partial charge in [0.2, 0.25) is 0 Å². The van der Waals surface area contributed by atoms with Gasteiger partial charge >= 0.3 is 0 Å². The van der Waals surface area contributed by atoms with Crippen molar-refractivity contribution in [3.05, 3.63) is 58.4 Å². The molecule has 0 radical (unpaired) electrons. The second-order valence-electron chi connectivity index (χ2n) is 3.74. The number of aryl methyl sites for hydroxylation is 1. The van der Waals surface area contributed by atoms with Gasteiger partial charge in [-0.25, -0.2) is 4.39 Å². The molecule has 0 aliphatic rings. The lowest BCUT2D eigenvalue weighted by Crippen LogP contribution is -1.93. The molecule has 0 saturated carbocycles. The maximum Gasteiger partial charge on any atom is 0.148 e. The average molecular weight is 262 g/mol. The average Bonchev–Trinajstić information content (AvgIpc) is 2.34. The van der Waals surface area contributed by atoms with E-state index in [0.29, 0.717) is 10.8 Å². The summed E-state index contributed by atoms with van der Waals surface area (Å²) < 4.78 is 19.0. The molecule has 2 nitrogen and oxygen atoms in total. The molecule has 2 rings (SSSR count). The van der Waals surface area contributed by atoms with Crippen LogP contribution in [0.4, 0.5) is 4.39 Å². The van der Waals surface area contributed by atoms with Crippen LogP contribution in [0, 0.1) is 24.1 Å². The van der Waals surface area contributed by atoms with E-state index in [0.717, 1.165) is 5.56 Å². The van der Waals surface area contributed by atoms with Crippen LogP contribution in [0.2, 0.25) is 5.02 Å². The minimum absolute atomic E-state index is 0.114. The first kappa shape index (κ1) is 12.4. The summed E-state index contributed by atoms with van der Waals surface area (Å²) >= 11 is 5.87. The van der Waals surface area contributed by atoms with Crippen LogP contribution < -0.4 is 4.74 Å². The van der Waals surface area contributed by atoms with Gasteiger partial charge < -0.3 is 4.74 Å². The number of nitrogens with zero attached hydrogens (tertiary/aromatic N) is 1. The number of benzene rings is 2. The van der Waals surface area contributed by atoms with Crippen LogP contribution in [0.1, 0.15) is 11.1 Å². The topological polar surface area (TPSA) is 33.0 Å². The first-order valence-electron chi connectivity index (χ1n) is 5.24. The summed E-state index contributed by atoms with van der Waals surface area (Å²) in [6.45, 7) is 1.84. The molecular weight excluding hydrogens is 253 g/mol. The van der Waals surface area contributed by atoms with Crippen LogP contribution in [0.5, 0.6) is 11.5 Å². The van der Waals surface area contributed by atoms with Crippen molar-refractivity contribution >= 4 is 11.6 Å². The zero-order valence-corrected chi connectivity index (χ0v) is 10.3. The van der Waals surface area contributed by atoms with Gasteiger partial charge in [-0.2, -0.15) is 5.26 Å². The van der Waals surface area contributed by atoms with E-state index in [4.69, 9.17) is 21.6 Å². The predicted octanol–water partition coefficient (Wildman–Crippen LogP) is 4.45. The number of halogens is 2. The molecule has 0 bridgehead atoms. The number of hydrogen-bond donors (Lipinski definition) is 0. The van der Waals surface area contributed by atoms with E-state index in [2.05, 4.69) is 0 Å². The molecule has 0 unspecified atom stereocenters. The van der Waals surface area contributed by atoms with Crippen LogP contribution in [0.25, 0.3) is 0 Å². The van der Waals surface area contributed by atoms with E-state index in [-0.39, 0.29) is 11.3 Å². The number of hydrogen-bond acceptors (Lipinski definition) is 2. The Morgan fingerprint density at radius 2 is 2.00 bits per heavy atom. The summed E-state index contributed by atoms with van der Waals surface area (Å²) in [7, 11) is 0. The van der Waals surface area contributed by atoms with E-state index >= 15 is 0 Å². The van der Waals surface area contributed by atoms with E-state index in [1.54, 1.807) is 30.3 Å². The molecule has 4 heteroatoms. The third-order valence-electron chi connectivity index (χ3n) is 2.46. The Morgan fingerprint density at radius 1 is 1.22 bits per heavy atom. The van der Waals surface area contributed by atoms with Gasteiger partial charge in [-0.05, 0) is 36.8 Å². The molecule has 2 aromatic carbocycles. The number of rotatable bonds is 2. The lowest BCUT2D eigenvalue weighted by atomic mass is 10.2. The maximum atomic E-state index is 13.4. The van der Waals surface area contributed by atoms with Crippen LogP contribution in [-0.4, -0.2) is 0 Å². The summed E-state index contributed by atoms with van der Waals surface area (Å²) in [5.74, 6) is 0.0853. The van der Waals surface area contributed by atoms with Crippen LogP contribution in [0.3, 0.4) is 0 Å². The summed E-state index contributed by atoms with van der Waals surface area (Å²) in [4.78, 5) is 0. The largest absolute Gasteiger partial charge is 0.456 e. The van der Waals surface area contributed by atoms with E-state index in [1.807, 2.05) is 6.92 Å². The zero-order valence-electron chi connectivity index (χ0n) is 9.58. The molecule has 0 N–H and O–H groups in total. The molecule has 90 valence electrons. The normalized spacial score (nSPS) is 9.89. The standard InChI is InChI=1S/C14H9ClFNO/c1-9-5-6-10(15)7-14(9)18-13-4-2-3-12(16)11(13)8-17/h2-7H,1H3. The fourth-order valence-corrected chi connectivity index (χ4v) is 1.66. The van der Waals surface area contributed by atoms with E-state index < -0.39 is 5.82 Å². The van der Waals surface area contributed by atoms with Crippen molar-refractivity contribution in [1.29, 1.82) is 5.26 Å². The van der Waals surface area contributed by atoms with Crippen molar-refractivity contribution in [1.82, 2.24) is 0 Å². The Kier molecular flexibility index (Phi) is 3.50. The summed E-state index contributed by atoms with van der Waals surface area (Å²) in [6.07, 6.45) is 0. The van der Waals surface area contributed by atoms with Crippen LogP contribution >= 0.6 is 11.6 Å². The molecule has 0 fully saturated rings. The second-order valence-corrected chi connectivity index (χ2v) is 4.17. The van der Waals surface area contributed by atoms with Crippen molar-refractivity contribution in [3.63, 3.8) is 0 Å². The van der Waals surface area contributed by atoms with E-state index in [9.17, 15) is 4.39 Å². The van der Waals surface area contributed by atoms with Crippen LogP contribution in [-0.2, 0) is 0 Å². The Morgan fingerprint density at radius 3 is 2.72 bits per heavy atom. The molecule has 0 aromatic heterocycles. The first-order chi connectivity index (χ1) is 8.61. The molecule has 0 spiro atoms. The molecular formula is C14H9ClFNO. The third-order valence-corrected chi connectivity index (χ3v) is 2.69. The molecule has 2 aromatic rings. The smallest absolute Gasteiger partial charge is 0.148 e. The van der Waals surface area contributed by atoms with Crippen molar-refractivity contribution < 1.29 is 9.13 Å². The highest BCUT2D eigenvalue weighted by molar-refractivity contribution is 6.30. The highest BCUT2D eigenvalue weighted by Gasteiger charge is 2.11. The zero-order chi connectivity index (χ0) is 13.1. The van der Waals surface area contributed by atoms with Crippen molar-refractivity contribution in [3.8, 4) is 17.6 Å². The van der Waals surface area contributed by atoms with E-state index in [1.165, 1.54) is 12.1 Å². The molecule has 0 heterocycles. The van der Waals surface area contributed by atoms with Crippen LogP contribution in [0.15, 0.2) is 36.4 Å². The lowest BCUT2D eigenvalue weighted by Gasteiger charge is -2.10. The Hall–Kier alpha value is -2.05. The van der Waals surface area contributed by atoms with Gasteiger partial charge in [0.25, 0.3) is 0 Å². The summed E-state index contributed by atoms with van der Waals surface area (Å²) in [5.41, 5.74) is 0.740. The highest BCUT2D eigenvalue weighted by Crippen LogP contribution is 2.30. The van der Waals surface area contributed by atoms with Gasteiger partial charge in [0, 0.05) is 5.02 Å². The molecule has 0 atom stereocenters. The van der Waals surface area contributed by atoms with Gasteiger partial charge in [0.1, 0.15) is 28.9 Å². The summed E-state index contributed by atoms with van der Waals surface area (Å²) in [6, 6.07) is 11.2. The summed E-state index contributed by atoms with van der Waals surface area (Å²) in [5, 5.41) is 9.42. The van der Waals surface area contributed by atoms with Crippen molar-refractivity contribution in [2.24, 2.45) is 0 Å².